The highest BCUT2D eigenvalue weighted by Crippen LogP contribution is 2.36. The van der Waals surface area contributed by atoms with Gasteiger partial charge in [-0.05, 0) is 6.42 Å². The zero-order chi connectivity index (χ0) is 10.7. The molecule has 4 heteroatoms. The summed E-state index contributed by atoms with van der Waals surface area (Å²) in [6.07, 6.45) is 2.12. The first kappa shape index (κ1) is 10.5. The van der Waals surface area contributed by atoms with Gasteiger partial charge >= 0.3 is 11.9 Å². The molecule has 0 N–H and O–H groups in total. The SMILES string of the molecule is C=CC1CC(C(=O)OC)=C1C(=O)OC. The van der Waals surface area contributed by atoms with Gasteiger partial charge < -0.3 is 9.47 Å². The maximum atomic E-state index is 11.3. The minimum atomic E-state index is -0.485. The van der Waals surface area contributed by atoms with E-state index in [1.165, 1.54) is 14.2 Å². The second kappa shape index (κ2) is 4.09. The molecule has 1 atom stereocenters. The van der Waals surface area contributed by atoms with Crippen molar-refractivity contribution in [2.45, 2.75) is 6.42 Å². The Balaban J connectivity index is 2.96. The summed E-state index contributed by atoms with van der Waals surface area (Å²) < 4.78 is 9.09. The molecular formula is C10H12O4. The summed E-state index contributed by atoms with van der Waals surface area (Å²) in [7, 11) is 2.56. The van der Waals surface area contributed by atoms with Crippen LogP contribution in [-0.4, -0.2) is 26.2 Å². The molecule has 0 aromatic rings. The van der Waals surface area contributed by atoms with Crippen LogP contribution < -0.4 is 0 Å². The van der Waals surface area contributed by atoms with E-state index >= 15 is 0 Å². The number of esters is 2. The van der Waals surface area contributed by atoms with Crippen LogP contribution in [0.3, 0.4) is 0 Å². The predicted molar refractivity (Wildman–Crippen MR) is 49.4 cm³/mol. The molecule has 4 nitrogen and oxygen atoms in total. The Morgan fingerprint density at radius 2 is 1.93 bits per heavy atom. The maximum Gasteiger partial charge on any atom is 0.334 e. The molecule has 1 aliphatic carbocycles. The normalized spacial score (nSPS) is 19.7. The van der Waals surface area contributed by atoms with Crippen LogP contribution in [0.2, 0.25) is 0 Å². The lowest BCUT2D eigenvalue weighted by atomic mass is 9.77. The van der Waals surface area contributed by atoms with Crippen molar-refractivity contribution < 1.29 is 19.1 Å². The van der Waals surface area contributed by atoms with Gasteiger partial charge in [0.05, 0.1) is 19.8 Å². The highest BCUT2D eigenvalue weighted by molar-refractivity contribution is 6.03. The van der Waals surface area contributed by atoms with Crippen molar-refractivity contribution in [3.8, 4) is 0 Å². The number of rotatable bonds is 3. The van der Waals surface area contributed by atoms with Gasteiger partial charge in [0, 0.05) is 11.5 Å². The quantitative estimate of drug-likeness (QED) is 0.495. The van der Waals surface area contributed by atoms with Crippen LogP contribution in [0.25, 0.3) is 0 Å². The number of carbonyl (C=O) groups is 2. The van der Waals surface area contributed by atoms with Gasteiger partial charge in [-0.25, -0.2) is 9.59 Å². The Hall–Kier alpha value is -1.58. The van der Waals surface area contributed by atoms with Crippen LogP contribution >= 0.6 is 0 Å². The van der Waals surface area contributed by atoms with E-state index in [9.17, 15) is 9.59 Å². The standard InChI is InChI=1S/C10H12O4/c1-4-6-5-7(9(11)13-2)8(6)10(12)14-3/h4,6H,1,5H2,2-3H3. The van der Waals surface area contributed by atoms with Gasteiger partial charge in [-0.15, -0.1) is 6.58 Å². The van der Waals surface area contributed by atoms with Gasteiger partial charge in [0.25, 0.3) is 0 Å². The monoisotopic (exact) mass is 196 g/mol. The van der Waals surface area contributed by atoms with E-state index in [0.717, 1.165) is 0 Å². The molecule has 0 amide bonds. The van der Waals surface area contributed by atoms with Gasteiger partial charge in [-0.2, -0.15) is 0 Å². The van der Waals surface area contributed by atoms with Crippen molar-refractivity contribution in [3.63, 3.8) is 0 Å². The number of allylic oxidation sites excluding steroid dienone is 1. The number of methoxy groups -OCH3 is 2. The molecule has 1 aliphatic rings. The zero-order valence-electron chi connectivity index (χ0n) is 8.20. The molecule has 0 aromatic heterocycles. The summed E-state index contributed by atoms with van der Waals surface area (Å²) in [5, 5.41) is 0. The Bertz CT molecular complexity index is 314. The van der Waals surface area contributed by atoms with Crippen LogP contribution in [-0.2, 0) is 19.1 Å². The Kier molecular flexibility index (Phi) is 3.06. The third-order valence-corrected chi connectivity index (χ3v) is 2.24. The molecule has 0 saturated carbocycles. The lowest BCUT2D eigenvalue weighted by molar-refractivity contribution is -0.141. The third-order valence-electron chi connectivity index (χ3n) is 2.24. The molecule has 76 valence electrons. The summed E-state index contributed by atoms with van der Waals surface area (Å²) in [4.78, 5) is 22.4. The Morgan fingerprint density at radius 1 is 1.36 bits per heavy atom. The summed E-state index contributed by atoms with van der Waals surface area (Å²) in [6, 6.07) is 0. The van der Waals surface area contributed by atoms with Crippen molar-refractivity contribution in [3.05, 3.63) is 23.8 Å². The topological polar surface area (TPSA) is 52.6 Å². The van der Waals surface area contributed by atoms with Crippen LogP contribution in [0.1, 0.15) is 6.42 Å². The molecule has 1 rings (SSSR count). The smallest absolute Gasteiger partial charge is 0.334 e. The van der Waals surface area contributed by atoms with Crippen LogP contribution in [0.15, 0.2) is 23.8 Å². The van der Waals surface area contributed by atoms with E-state index in [0.29, 0.717) is 17.6 Å². The molecule has 0 radical (unpaired) electrons. The van der Waals surface area contributed by atoms with E-state index < -0.39 is 11.9 Å². The van der Waals surface area contributed by atoms with Crippen molar-refractivity contribution in [2.75, 3.05) is 14.2 Å². The summed E-state index contributed by atoms with van der Waals surface area (Å²) in [5.41, 5.74) is 0.763. The van der Waals surface area contributed by atoms with Gasteiger partial charge in [0.1, 0.15) is 0 Å². The van der Waals surface area contributed by atoms with Gasteiger partial charge in [0.15, 0.2) is 0 Å². The highest BCUT2D eigenvalue weighted by atomic mass is 16.5. The van der Waals surface area contributed by atoms with E-state index in [1.54, 1.807) is 6.08 Å². The molecule has 0 aliphatic heterocycles. The number of hydrogen-bond donors (Lipinski definition) is 0. The molecular weight excluding hydrogens is 184 g/mol. The number of carbonyl (C=O) groups excluding carboxylic acids is 2. The van der Waals surface area contributed by atoms with Crippen molar-refractivity contribution in [2.24, 2.45) is 5.92 Å². The van der Waals surface area contributed by atoms with Crippen LogP contribution in [0.5, 0.6) is 0 Å². The number of hydrogen-bond acceptors (Lipinski definition) is 4. The summed E-state index contributed by atoms with van der Waals surface area (Å²) in [5.74, 6) is -1.04. The second-order valence-electron chi connectivity index (χ2n) is 2.92. The average Bonchev–Trinajstić information content (AvgIpc) is 2.16. The van der Waals surface area contributed by atoms with E-state index in [1.807, 2.05) is 0 Å². The lowest BCUT2D eigenvalue weighted by Gasteiger charge is -2.27. The van der Waals surface area contributed by atoms with Crippen molar-refractivity contribution >= 4 is 11.9 Å². The average molecular weight is 196 g/mol. The van der Waals surface area contributed by atoms with Gasteiger partial charge in [-0.3, -0.25) is 0 Å². The van der Waals surface area contributed by atoms with E-state index in [-0.39, 0.29) is 5.92 Å². The largest absolute Gasteiger partial charge is 0.466 e. The fraction of sp³-hybridized carbons (Fsp3) is 0.400. The van der Waals surface area contributed by atoms with Gasteiger partial charge in [-0.1, -0.05) is 6.08 Å². The first-order valence-corrected chi connectivity index (χ1v) is 4.18. The minimum absolute atomic E-state index is 0.0865. The lowest BCUT2D eigenvalue weighted by Crippen LogP contribution is -2.29. The molecule has 0 aromatic carbocycles. The molecule has 0 saturated heterocycles. The fourth-order valence-electron chi connectivity index (χ4n) is 1.43. The van der Waals surface area contributed by atoms with Crippen molar-refractivity contribution in [1.82, 2.24) is 0 Å². The molecule has 0 spiro atoms. The Morgan fingerprint density at radius 3 is 2.36 bits per heavy atom. The van der Waals surface area contributed by atoms with Crippen LogP contribution in [0, 0.1) is 5.92 Å². The zero-order valence-corrected chi connectivity index (χ0v) is 8.20. The highest BCUT2D eigenvalue weighted by Gasteiger charge is 2.37. The summed E-state index contributed by atoms with van der Waals surface area (Å²) in [6.45, 7) is 3.58. The third kappa shape index (κ3) is 1.55. The predicted octanol–water partition coefficient (Wildman–Crippen LogP) is 0.835. The molecule has 1 unspecified atom stereocenters. The minimum Gasteiger partial charge on any atom is -0.466 e. The van der Waals surface area contributed by atoms with E-state index in [4.69, 9.17) is 0 Å². The molecule has 0 bridgehead atoms. The second-order valence-corrected chi connectivity index (χ2v) is 2.92. The Labute approximate surface area is 82.2 Å². The number of ether oxygens (including phenoxy) is 2. The first-order chi connectivity index (χ1) is 6.65. The molecule has 0 fully saturated rings. The molecule has 0 heterocycles. The first-order valence-electron chi connectivity index (χ1n) is 4.18. The van der Waals surface area contributed by atoms with E-state index in [2.05, 4.69) is 16.1 Å². The van der Waals surface area contributed by atoms with Crippen LogP contribution in [0.4, 0.5) is 0 Å². The fourth-order valence-corrected chi connectivity index (χ4v) is 1.43. The van der Waals surface area contributed by atoms with Crippen molar-refractivity contribution in [1.29, 1.82) is 0 Å². The maximum absolute atomic E-state index is 11.3. The van der Waals surface area contributed by atoms with Gasteiger partial charge in [0.2, 0.25) is 0 Å². The molecule has 14 heavy (non-hydrogen) atoms. The summed E-state index contributed by atoms with van der Waals surface area (Å²) >= 11 is 0.